The van der Waals surface area contributed by atoms with Gasteiger partial charge in [-0.05, 0) is 24.3 Å². The average molecular weight is 323 g/mol. The molecular formula is C19H18FN3O. The van der Waals surface area contributed by atoms with E-state index in [-0.39, 0.29) is 5.82 Å². The van der Waals surface area contributed by atoms with Crippen LogP contribution >= 0.6 is 0 Å². The largest absolute Gasteiger partial charge is 0.487 e. The van der Waals surface area contributed by atoms with Gasteiger partial charge in [-0.3, -0.25) is 0 Å². The molecule has 1 aliphatic heterocycles. The maximum Gasteiger partial charge on any atom is 0.148 e. The topological polar surface area (TPSA) is 39.1 Å². The SMILES string of the molecule is Fc1ccccc1-n1nc(COc2ccccc2)c2c1CCNC2. The van der Waals surface area contributed by atoms with Gasteiger partial charge in [0.05, 0.1) is 5.69 Å². The van der Waals surface area contributed by atoms with Crippen molar-refractivity contribution in [3.63, 3.8) is 0 Å². The number of fused-ring (bicyclic) bond motifs is 1. The standard InChI is InChI=1S/C19H18FN3O/c20-16-8-4-5-9-19(16)23-18-10-11-21-12-15(18)17(22-23)13-24-14-6-2-1-3-7-14/h1-9,21H,10-13H2. The highest BCUT2D eigenvalue weighted by Crippen LogP contribution is 2.24. The second-order valence-electron chi connectivity index (χ2n) is 5.76. The van der Waals surface area contributed by atoms with Crippen molar-refractivity contribution in [1.82, 2.24) is 15.1 Å². The van der Waals surface area contributed by atoms with E-state index in [9.17, 15) is 4.39 Å². The molecule has 1 N–H and O–H groups in total. The lowest BCUT2D eigenvalue weighted by Gasteiger charge is -2.16. The molecule has 122 valence electrons. The lowest BCUT2D eigenvalue weighted by Crippen LogP contribution is -2.25. The van der Waals surface area contributed by atoms with Crippen molar-refractivity contribution in [1.29, 1.82) is 0 Å². The Hall–Kier alpha value is -2.66. The molecular weight excluding hydrogens is 305 g/mol. The van der Waals surface area contributed by atoms with Gasteiger partial charge in [0.2, 0.25) is 0 Å². The highest BCUT2D eigenvalue weighted by Gasteiger charge is 2.22. The molecule has 0 atom stereocenters. The molecule has 4 rings (SSSR count). The van der Waals surface area contributed by atoms with E-state index in [0.717, 1.165) is 42.2 Å². The minimum atomic E-state index is -0.267. The summed E-state index contributed by atoms with van der Waals surface area (Å²) in [6.45, 7) is 1.97. The van der Waals surface area contributed by atoms with Gasteiger partial charge in [0, 0.05) is 25.1 Å². The molecule has 0 radical (unpaired) electrons. The fraction of sp³-hybridized carbons (Fsp3) is 0.211. The summed E-state index contributed by atoms with van der Waals surface area (Å²) in [4.78, 5) is 0. The number of rotatable bonds is 4. The van der Waals surface area contributed by atoms with Gasteiger partial charge >= 0.3 is 0 Å². The van der Waals surface area contributed by atoms with Gasteiger partial charge in [-0.15, -0.1) is 0 Å². The summed E-state index contributed by atoms with van der Waals surface area (Å²) in [7, 11) is 0. The van der Waals surface area contributed by atoms with E-state index in [1.54, 1.807) is 16.8 Å². The van der Waals surface area contributed by atoms with Gasteiger partial charge in [-0.2, -0.15) is 5.10 Å². The molecule has 0 bridgehead atoms. The minimum Gasteiger partial charge on any atom is -0.487 e. The molecule has 0 saturated carbocycles. The van der Waals surface area contributed by atoms with E-state index in [1.807, 2.05) is 36.4 Å². The molecule has 2 heterocycles. The fourth-order valence-corrected chi connectivity index (χ4v) is 3.02. The summed E-state index contributed by atoms with van der Waals surface area (Å²) < 4.78 is 21.8. The van der Waals surface area contributed by atoms with Crippen LogP contribution in [0, 0.1) is 5.82 Å². The summed E-state index contributed by atoms with van der Waals surface area (Å²) >= 11 is 0. The van der Waals surface area contributed by atoms with Crippen LogP contribution in [0.4, 0.5) is 4.39 Å². The number of nitrogens with zero attached hydrogens (tertiary/aromatic N) is 2. The second kappa shape index (κ2) is 6.45. The summed E-state index contributed by atoms with van der Waals surface area (Å²) in [6.07, 6.45) is 0.821. The van der Waals surface area contributed by atoms with Crippen LogP contribution in [0.3, 0.4) is 0 Å². The van der Waals surface area contributed by atoms with Crippen molar-refractivity contribution in [2.75, 3.05) is 6.54 Å². The Kier molecular flexibility index (Phi) is 4.01. The van der Waals surface area contributed by atoms with Gasteiger partial charge in [-0.25, -0.2) is 9.07 Å². The molecule has 0 unspecified atom stereocenters. The van der Waals surface area contributed by atoms with Gasteiger partial charge < -0.3 is 10.1 Å². The number of hydrogen-bond acceptors (Lipinski definition) is 3. The zero-order valence-electron chi connectivity index (χ0n) is 13.2. The predicted molar refractivity (Wildman–Crippen MR) is 89.7 cm³/mol. The van der Waals surface area contributed by atoms with E-state index in [0.29, 0.717) is 12.3 Å². The Labute approximate surface area is 139 Å². The highest BCUT2D eigenvalue weighted by molar-refractivity contribution is 5.40. The van der Waals surface area contributed by atoms with Crippen molar-refractivity contribution >= 4 is 0 Å². The van der Waals surface area contributed by atoms with Crippen LogP contribution in [0.5, 0.6) is 5.75 Å². The Morgan fingerprint density at radius 3 is 2.71 bits per heavy atom. The van der Waals surface area contributed by atoms with Gasteiger partial charge in [-0.1, -0.05) is 30.3 Å². The Balaban J connectivity index is 1.69. The van der Waals surface area contributed by atoms with Crippen molar-refractivity contribution in [3.05, 3.63) is 77.4 Å². The molecule has 1 aromatic heterocycles. The van der Waals surface area contributed by atoms with Crippen LogP contribution < -0.4 is 10.1 Å². The molecule has 2 aromatic carbocycles. The molecule has 24 heavy (non-hydrogen) atoms. The predicted octanol–water partition coefficient (Wildman–Crippen LogP) is 3.24. The molecule has 1 aliphatic rings. The first-order valence-electron chi connectivity index (χ1n) is 8.06. The monoisotopic (exact) mass is 323 g/mol. The third-order valence-electron chi connectivity index (χ3n) is 4.21. The van der Waals surface area contributed by atoms with Crippen LogP contribution in [0.2, 0.25) is 0 Å². The van der Waals surface area contributed by atoms with Gasteiger partial charge in [0.15, 0.2) is 0 Å². The Morgan fingerprint density at radius 1 is 1.08 bits per heavy atom. The lowest BCUT2D eigenvalue weighted by molar-refractivity contribution is 0.299. The molecule has 5 heteroatoms. The number of ether oxygens (including phenoxy) is 1. The summed E-state index contributed by atoms with van der Waals surface area (Å²) in [5.74, 6) is 0.535. The van der Waals surface area contributed by atoms with E-state index in [4.69, 9.17) is 4.74 Å². The molecule has 0 saturated heterocycles. The molecule has 0 aliphatic carbocycles. The highest BCUT2D eigenvalue weighted by atomic mass is 19.1. The number of nitrogens with one attached hydrogen (secondary N) is 1. The number of halogens is 1. The van der Waals surface area contributed by atoms with Gasteiger partial charge in [0.1, 0.15) is 29.6 Å². The van der Waals surface area contributed by atoms with Gasteiger partial charge in [0.25, 0.3) is 0 Å². The van der Waals surface area contributed by atoms with Crippen LogP contribution in [-0.2, 0) is 19.6 Å². The average Bonchev–Trinajstić information content (AvgIpc) is 3.00. The third kappa shape index (κ3) is 2.78. The van der Waals surface area contributed by atoms with E-state index in [2.05, 4.69) is 10.4 Å². The van der Waals surface area contributed by atoms with E-state index in [1.165, 1.54) is 6.07 Å². The number of hydrogen-bond donors (Lipinski definition) is 1. The van der Waals surface area contributed by atoms with Crippen LogP contribution in [0.15, 0.2) is 54.6 Å². The van der Waals surface area contributed by atoms with Crippen molar-refractivity contribution in [2.24, 2.45) is 0 Å². The molecule has 0 spiro atoms. The first kappa shape index (κ1) is 14.9. The minimum absolute atomic E-state index is 0.267. The Morgan fingerprint density at radius 2 is 1.88 bits per heavy atom. The summed E-state index contributed by atoms with van der Waals surface area (Å²) in [5.41, 5.74) is 3.51. The normalized spacial score (nSPS) is 13.5. The fourth-order valence-electron chi connectivity index (χ4n) is 3.02. The first-order valence-corrected chi connectivity index (χ1v) is 8.06. The zero-order valence-corrected chi connectivity index (χ0v) is 13.2. The smallest absolute Gasteiger partial charge is 0.148 e. The zero-order chi connectivity index (χ0) is 16.4. The van der Waals surface area contributed by atoms with Crippen molar-refractivity contribution < 1.29 is 9.13 Å². The molecule has 0 fully saturated rings. The molecule has 3 aromatic rings. The quantitative estimate of drug-likeness (QED) is 0.801. The van der Waals surface area contributed by atoms with E-state index >= 15 is 0 Å². The van der Waals surface area contributed by atoms with Crippen molar-refractivity contribution in [2.45, 2.75) is 19.6 Å². The maximum atomic E-state index is 14.2. The molecule has 4 nitrogen and oxygen atoms in total. The number of aromatic nitrogens is 2. The van der Waals surface area contributed by atoms with Crippen molar-refractivity contribution in [3.8, 4) is 11.4 Å². The Bertz CT molecular complexity index is 845. The third-order valence-corrected chi connectivity index (χ3v) is 4.21. The van der Waals surface area contributed by atoms with Crippen LogP contribution in [0.25, 0.3) is 5.69 Å². The summed E-state index contributed by atoms with van der Waals surface area (Å²) in [6, 6.07) is 16.4. The number of benzene rings is 2. The molecule has 0 amide bonds. The first-order chi connectivity index (χ1) is 11.8. The van der Waals surface area contributed by atoms with Crippen LogP contribution in [0.1, 0.15) is 17.0 Å². The van der Waals surface area contributed by atoms with Crippen LogP contribution in [-0.4, -0.2) is 16.3 Å². The number of para-hydroxylation sites is 2. The maximum absolute atomic E-state index is 14.2. The van der Waals surface area contributed by atoms with E-state index < -0.39 is 0 Å². The second-order valence-corrected chi connectivity index (χ2v) is 5.76. The summed E-state index contributed by atoms with van der Waals surface area (Å²) in [5, 5.41) is 8.01. The lowest BCUT2D eigenvalue weighted by atomic mass is 10.1.